The fraction of sp³-hybridized carbons (Fsp3) is 0.147. The van der Waals surface area contributed by atoms with Gasteiger partial charge in [0.2, 0.25) is 17.7 Å². The monoisotopic (exact) mass is 610 g/mol. The molecule has 0 aliphatic carbocycles. The van der Waals surface area contributed by atoms with E-state index in [-0.39, 0.29) is 18.4 Å². The summed E-state index contributed by atoms with van der Waals surface area (Å²) < 4.78 is 27.6. The predicted octanol–water partition coefficient (Wildman–Crippen LogP) is 5.69. The number of benzene rings is 4. The first-order valence-electron chi connectivity index (χ1n) is 14.1. The lowest BCUT2D eigenvalue weighted by Crippen LogP contribution is -2.54. The molecule has 3 atom stereocenters. The van der Waals surface area contributed by atoms with Crippen LogP contribution in [0.2, 0.25) is 0 Å². The van der Waals surface area contributed by atoms with E-state index in [1.165, 1.54) is 11.8 Å². The number of fused-ring (bicyclic) bond motifs is 2. The summed E-state index contributed by atoms with van der Waals surface area (Å²) in [7, 11) is 0. The molecule has 7 nitrogen and oxygen atoms in total. The zero-order valence-corrected chi connectivity index (χ0v) is 24.2. The minimum atomic E-state index is -1.10. The van der Waals surface area contributed by atoms with E-state index in [1.54, 1.807) is 6.07 Å². The number of aromatic nitrogens is 1. The molecular formula is C34H28F2N4O3S. The van der Waals surface area contributed by atoms with Gasteiger partial charge in [0.15, 0.2) is 0 Å². The highest BCUT2D eigenvalue weighted by Crippen LogP contribution is 2.43. The Bertz CT molecular complexity index is 1790. The highest BCUT2D eigenvalue weighted by atomic mass is 32.2. The Morgan fingerprint density at radius 1 is 0.864 bits per heavy atom. The van der Waals surface area contributed by atoms with Crippen LogP contribution < -0.4 is 16.0 Å². The highest BCUT2D eigenvalue weighted by Gasteiger charge is 2.37. The van der Waals surface area contributed by atoms with Crippen molar-refractivity contribution in [2.45, 2.75) is 35.1 Å². The Morgan fingerprint density at radius 3 is 2.34 bits per heavy atom. The third-order valence-electron chi connectivity index (χ3n) is 7.36. The Balaban J connectivity index is 1.29. The molecule has 44 heavy (non-hydrogen) atoms. The number of anilines is 1. The van der Waals surface area contributed by atoms with Gasteiger partial charge in [-0.1, -0.05) is 60.7 Å². The number of para-hydroxylation sites is 2. The maximum Gasteiger partial charge on any atom is 0.248 e. The Hall–Kier alpha value is -4.96. The third-order valence-corrected chi connectivity index (χ3v) is 8.77. The van der Waals surface area contributed by atoms with E-state index in [2.05, 4.69) is 20.9 Å². The van der Waals surface area contributed by atoms with E-state index in [1.807, 2.05) is 78.9 Å². The maximum atomic E-state index is 14.0. The molecule has 0 spiro atoms. The lowest BCUT2D eigenvalue weighted by atomic mass is 10.0. The lowest BCUT2D eigenvalue weighted by molar-refractivity contribution is -0.130. The average Bonchev–Trinajstić information content (AvgIpc) is 3.35. The minimum Gasteiger partial charge on any atom is -0.358 e. The van der Waals surface area contributed by atoms with Crippen LogP contribution >= 0.6 is 11.8 Å². The smallest absolute Gasteiger partial charge is 0.248 e. The van der Waals surface area contributed by atoms with Gasteiger partial charge in [0.05, 0.1) is 17.4 Å². The van der Waals surface area contributed by atoms with Crippen LogP contribution in [0.15, 0.2) is 108 Å². The second-order valence-corrected chi connectivity index (χ2v) is 11.8. The average molecular weight is 611 g/mol. The molecule has 6 rings (SSSR count). The second kappa shape index (κ2) is 12.7. The summed E-state index contributed by atoms with van der Waals surface area (Å²) in [6.07, 6.45) is -0.256. The second-order valence-electron chi connectivity index (χ2n) is 10.6. The van der Waals surface area contributed by atoms with Gasteiger partial charge in [-0.15, -0.1) is 11.8 Å². The van der Waals surface area contributed by atoms with Crippen LogP contribution in [0.25, 0.3) is 10.9 Å². The van der Waals surface area contributed by atoms with Gasteiger partial charge < -0.3 is 20.9 Å². The Labute approximate surface area is 256 Å². The number of amides is 3. The molecule has 10 heteroatoms. The molecule has 1 aliphatic rings. The van der Waals surface area contributed by atoms with Crippen molar-refractivity contribution < 1.29 is 23.2 Å². The largest absolute Gasteiger partial charge is 0.358 e. The third kappa shape index (κ3) is 6.65. The van der Waals surface area contributed by atoms with E-state index < -0.39 is 46.7 Å². The first-order chi connectivity index (χ1) is 21.3. The zero-order valence-electron chi connectivity index (χ0n) is 23.4. The van der Waals surface area contributed by atoms with Crippen molar-refractivity contribution in [2.24, 2.45) is 0 Å². The van der Waals surface area contributed by atoms with E-state index in [0.717, 1.165) is 39.6 Å². The molecule has 4 N–H and O–H groups in total. The van der Waals surface area contributed by atoms with Crippen LogP contribution in [0.5, 0.6) is 0 Å². The lowest BCUT2D eigenvalue weighted by Gasteiger charge is -2.27. The van der Waals surface area contributed by atoms with Crippen LogP contribution in [0.3, 0.4) is 0 Å². The SMILES string of the molecule is O=C(Cc1cc(F)cc(F)c1)N[C@@H](Cc1cc2ccccc2[nH]1)C(=O)N[C@@H]1C(=O)Nc2ccccc2S[C@@H]1c1ccccc1. The molecule has 1 aromatic heterocycles. The molecule has 0 fully saturated rings. The minimum absolute atomic E-state index is 0.0848. The van der Waals surface area contributed by atoms with Gasteiger partial charge in [0.1, 0.15) is 23.7 Å². The highest BCUT2D eigenvalue weighted by molar-refractivity contribution is 7.99. The molecule has 0 radical (unpaired) electrons. The summed E-state index contributed by atoms with van der Waals surface area (Å²) in [5, 5.41) is 9.04. The quantitative estimate of drug-likeness (QED) is 0.181. The van der Waals surface area contributed by atoms with Crippen molar-refractivity contribution >= 4 is 46.1 Å². The molecule has 222 valence electrons. The summed E-state index contributed by atoms with van der Waals surface area (Å²) in [5.41, 5.74) is 3.18. The fourth-order valence-electron chi connectivity index (χ4n) is 5.34. The first kappa shape index (κ1) is 29.1. The predicted molar refractivity (Wildman–Crippen MR) is 166 cm³/mol. The van der Waals surface area contributed by atoms with Gasteiger partial charge in [-0.25, -0.2) is 8.78 Å². The number of nitrogens with one attached hydrogen (secondary N) is 4. The molecule has 0 saturated carbocycles. The van der Waals surface area contributed by atoms with E-state index in [4.69, 9.17) is 0 Å². The van der Waals surface area contributed by atoms with Gasteiger partial charge >= 0.3 is 0 Å². The summed E-state index contributed by atoms with van der Waals surface area (Å²) in [4.78, 5) is 44.9. The van der Waals surface area contributed by atoms with Crippen molar-refractivity contribution in [1.82, 2.24) is 15.6 Å². The number of H-pyrrole nitrogens is 1. The number of carbonyl (C=O) groups excluding carboxylic acids is 3. The van der Waals surface area contributed by atoms with Crippen molar-refractivity contribution in [3.63, 3.8) is 0 Å². The van der Waals surface area contributed by atoms with Crippen LogP contribution in [-0.4, -0.2) is 34.8 Å². The summed E-state index contributed by atoms with van der Waals surface area (Å²) in [5.74, 6) is -3.17. The Kier molecular flexibility index (Phi) is 8.42. The molecule has 0 bridgehead atoms. The Morgan fingerprint density at radius 2 is 1.57 bits per heavy atom. The van der Waals surface area contributed by atoms with Crippen LogP contribution in [-0.2, 0) is 27.2 Å². The van der Waals surface area contributed by atoms with Crippen LogP contribution in [0.1, 0.15) is 22.1 Å². The number of hydrogen-bond donors (Lipinski definition) is 4. The van der Waals surface area contributed by atoms with Gasteiger partial charge in [0, 0.05) is 28.6 Å². The number of halogens is 2. The summed E-state index contributed by atoms with van der Waals surface area (Å²) in [6, 6.07) is 27.1. The molecule has 4 aromatic carbocycles. The molecular weight excluding hydrogens is 582 g/mol. The standard InChI is InChI=1S/C34H28F2N4O3S/c35-23-14-20(15-24(36)18-23)16-30(41)38-28(19-25-17-22-10-4-5-11-26(22)37-25)33(42)40-31-32(21-8-2-1-3-9-21)44-29-13-7-6-12-27(29)39-34(31)43/h1-15,17-18,28,31-32,37H,16,19H2,(H,38,41)(H,39,43)(H,40,42)/t28-,31-,32+/m0/s1. The van der Waals surface area contributed by atoms with Crippen LogP contribution in [0, 0.1) is 11.6 Å². The van der Waals surface area contributed by atoms with Crippen molar-refractivity contribution in [2.75, 3.05) is 5.32 Å². The van der Waals surface area contributed by atoms with Gasteiger partial charge in [-0.2, -0.15) is 0 Å². The number of carbonyl (C=O) groups is 3. The summed E-state index contributed by atoms with van der Waals surface area (Å²) >= 11 is 1.46. The molecule has 1 aliphatic heterocycles. The van der Waals surface area contributed by atoms with Crippen LogP contribution in [0.4, 0.5) is 14.5 Å². The number of hydrogen-bond acceptors (Lipinski definition) is 4. The first-order valence-corrected chi connectivity index (χ1v) is 14.9. The van der Waals surface area contributed by atoms with Gasteiger partial charge in [-0.05, 0) is 52.9 Å². The molecule has 0 saturated heterocycles. The zero-order chi connectivity index (χ0) is 30.6. The van der Waals surface area contributed by atoms with E-state index in [9.17, 15) is 23.2 Å². The topological polar surface area (TPSA) is 103 Å². The van der Waals surface area contributed by atoms with Gasteiger partial charge in [0.25, 0.3) is 0 Å². The van der Waals surface area contributed by atoms with Crippen molar-refractivity contribution in [3.8, 4) is 0 Å². The normalized spacial score (nSPS) is 16.8. The van der Waals surface area contributed by atoms with E-state index in [0.29, 0.717) is 11.4 Å². The number of thioether (sulfide) groups is 1. The van der Waals surface area contributed by atoms with Crippen molar-refractivity contribution in [1.29, 1.82) is 0 Å². The molecule has 3 amide bonds. The fourth-order valence-corrected chi connectivity index (χ4v) is 6.64. The number of rotatable bonds is 8. The van der Waals surface area contributed by atoms with Gasteiger partial charge in [-0.3, -0.25) is 14.4 Å². The number of aromatic amines is 1. The summed E-state index contributed by atoms with van der Waals surface area (Å²) in [6.45, 7) is 0. The maximum absolute atomic E-state index is 14.0. The van der Waals surface area contributed by atoms with E-state index >= 15 is 0 Å². The van der Waals surface area contributed by atoms with Crippen molar-refractivity contribution in [3.05, 3.63) is 132 Å². The molecule has 5 aromatic rings. The molecule has 0 unspecified atom stereocenters. The molecule has 2 heterocycles.